The lowest BCUT2D eigenvalue weighted by atomic mass is 10.0. The zero-order valence-electron chi connectivity index (χ0n) is 13.0. The summed E-state index contributed by atoms with van der Waals surface area (Å²) >= 11 is 0. The highest BCUT2D eigenvalue weighted by Gasteiger charge is 2.24. The highest BCUT2D eigenvalue weighted by molar-refractivity contribution is 5.85. The van der Waals surface area contributed by atoms with Crippen molar-refractivity contribution >= 4 is 18.1 Å². The summed E-state index contributed by atoms with van der Waals surface area (Å²) in [4.78, 5) is 12.8. The zero-order valence-corrected chi connectivity index (χ0v) is 13.8. The van der Waals surface area contributed by atoms with Gasteiger partial charge in [-0.15, -0.1) is 12.4 Å². The molecule has 0 aliphatic carbocycles. The van der Waals surface area contributed by atoms with E-state index < -0.39 is 0 Å². The van der Waals surface area contributed by atoms with Crippen LogP contribution in [-0.2, 0) is 6.54 Å². The number of nitrogens with one attached hydrogen (secondary N) is 1. The van der Waals surface area contributed by atoms with Crippen LogP contribution in [0.2, 0.25) is 0 Å². The lowest BCUT2D eigenvalue weighted by Gasteiger charge is -2.36. The Morgan fingerprint density at radius 3 is 2.79 bits per heavy atom. The molecule has 1 atom stereocenters. The number of nitro benzene ring substituents is 1. The quantitative estimate of drug-likeness (QED) is 0.678. The molecule has 1 saturated heterocycles. The molecular formula is C17H19ClFN3O2. The van der Waals surface area contributed by atoms with Gasteiger partial charge in [0.2, 0.25) is 0 Å². The Bertz CT molecular complexity index is 714. The first-order chi connectivity index (χ1) is 11.1. The number of halogens is 2. The molecule has 1 unspecified atom stereocenters. The minimum absolute atomic E-state index is 0. The van der Waals surface area contributed by atoms with Crippen molar-refractivity contribution in [3.05, 3.63) is 75.6 Å². The molecule has 0 radical (unpaired) electrons. The van der Waals surface area contributed by atoms with E-state index in [9.17, 15) is 14.5 Å². The van der Waals surface area contributed by atoms with Crippen molar-refractivity contribution < 1.29 is 9.31 Å². The number of non-ortho nitro benzene ring substituents is 1. The van der Waals surface area contributed by atoms with Crippen LogP contribution in [0.3, 0.4) is 0 Å². The molecule has 0 aromatic heterocycles. The smallest absolute Gasteiger partial charge is 0.269 e. The molecule has 1 aliphatic rings. The van der Waals surface area contributed by atoms with Gasteiger partial charge in [0.1, 0.15) is 5.82 Å². The van der Waals surface area contributed by atoms with E-state index in [0.29, 0.717) is 6.54 Å². The Kier molecular flexibility index (Phi) is 6.25. The number of nitro groups is 1. The van der Waals surface area contributed by atoms with Gasteiger partial charge in [0, 0.05) is 44.4 Å². The maximum atomic E-state index is 13.5. The Morgan fingerprint density at radius 1 is 1.25 bits per heavy atom. The molecule has 7 heteroatoms. The van der Waals surface area contributed by atoms with Crippen LogP contribution in [0.4, 0.5) is 10.1 Å². The summed E-state index contributed by atoms with van der Waals surface area (Å²) < 4.78 is 13.5. The monoisotopic (exact) mass is 351 g/mol. The van der Waals surface area contributed by atoms with Gasteiger partial charge in [-0.1, -0.05) is 24.3 Å². The van der Waals surface area contributed by atoms with Gasteiger partial charge in [0.15, 0.2) is 0 Å². The van der Waals surface area contributed by atoms with Gasteiger partial charge in [-0.05, 0) is 23.3 Å². The van der Waals surface area contributed by atoms with Gasteiger partial charge in [-0.2, -0.15) is 0 Å². The largest absolute Gasteiger partial charge is 0.314 e. The van der Waals surface area contributed by atoms with Crippen molar-refractivity contribution in [1.82, 2.24) is 10.2 Å². The molecular weight excluding hydrogens is 333 g/mol. The number of nitrogens with zero attached hydrogens (tertiary/aromatic N) is 2. The summed E-state index contributed by atoms with van der Waals surface area (Å²) in [5.74, 6) is -0.247. The zero-order chi connectivity index (χ0) is 16.2. The molecule has 128 valence electrons. The summed E-state index contributed by atoms with van der Waals surface area (Å²) in [6.45, 7) is 2.99. The normalized spacial score (nSPS) is 18.0. The number of benzene rings is 2. The second kappa shape index (κ2) is 8.19. The van der Waals surface area contributed by atoms with Gasteiger partial charge in [-0.25, -0.2) is 4.39 Å². The highest BCUT2D eigenvalue weighted by Crippen LogP contribution is 2.25. The van der Waals surface area contributed by atoms with Gasteiger partial charge in [-0.3, -0.25) is 15.0 Å². The van der Waals surface area contributed by atoms with Crippen molar-refractivity contribution in [3.63, 3.8) is 0 Å². The van der Waals surface area contributed by atoms with E-state index in [-0.39, 0.29) is 34.9 Å². The number of hydrogen-bond acceptors (Lipinski definition) is 4. The van der Waals surface area contributed by atoms with Crippen LogP contribution < -0.4 is 5.32 Å². The van der Waals surface area contributed by atoms with Gasteiger partial charge >= 0.3 is 0 Å². The summed E-state index contributed by atoms with van der Waals surface area (Å²) in [6, 6.07) is 13.4. The third-order valence-electron chi connectivity index (χ3n) is 4.09. The summed E-state index contributed by atoms with van der Waals surface area (Å²) in [5, 5.41) is 14.2. The minimum Gasteiger partial charge on any atom is -0.314 e. The molecule has 0 saturated carbocycles. The predicted molar refractivity (Wildman–Crippen MR) is 92.8 cm³/mol. The van der Waals surface area contributed by atoms with Gasteiger partial charge < -0.3 is 5.32 Å². The van der Waals surface area contributed by atoms with Crippen LogP contribution in [0.15, 0.2) is 48.5 Å². The van der Waals surface area contributed by atoms with E-state index in [1.807, 2.05) is 12.1 Å². The third-order valence-corrected chi connectivity index (χ3v) is 4.09. The maximum Gasteiger partial charge on any atom is 0.269 e. The topological polar surface area (TPSA) is 58.4 Å². The van der Waals surface area contributed by atoms with Crippen molar-refractivity contribution in [3.8, 4) is 0 Å². The third kappa shape index (κ3) is 4.29. The summed E-state index contributed by atoms with van der Waals surface area (Å²) in [7, 11) is 0. The Morgan fingerprint density at radius 2 is 2.04 bits per heavy atom. The van der Waals surface area contributed by atoms with E-state index in [0.717, 1.165) is 30.8 Å². The average Bonchev–Trinajstić information content (AvgIpc) is 2.55. The van der Waals surface area contributed by atoms with E-state index in [4.69, 9.17) is 0 Å². The molecule has 2 aromatic rings. The molecule has 3 rings (SSSR count). The van der Waals surface area contributed by atoms with Gasteiger partial charge in [0.25, 0.3) is 5.69 Å². The van der Waals surface area contributed by atoms with Crippen LogP contribution in [0, 0.1) is 15.9 Å². The Labute approximate surface area is 146 Å². The fraction of sp³-hybridized carbons (Fsp3) is 0.294. The number of rotatable bonds is 4. The van der Waals surface area contributed by atoms with Crippen LogP contribution in [0.5, 0.6) is 0 Å². The second-order valence-corrected chi connectivity index (χ2v) is 5.67. The minimum atomic E-state index is -0.384. The molecule has 0 amide bonds. The molecule has 0 bridgehead atoms. The maximum absolute atomic E-state index is 13.5. The van der Waals surface area contributed by atoms with Crippen molar-refractivity contribution in [2.45, 2.75) is 12.6 Å². The lowest BCUT2D eigenvalue weighted by Crippen LogP contribution is -2.45. The Hall–Kier alpha value is -2.02. The molecule has 24 heavy (non-hydrogen) atoms. The fourth-order valence-electron chi connectivity index (χ4n) is 2.98. The second-order valence-electron chi connectivity index (χ2n) is 5.67. The van der Waals surface area contributed by atoms with Crippen LogP contribution in [0.25, 0.3) is 0 Å². The number of hydrogen-bond donors (Lipinski definition) is 1. The fourth-order valence-corrected chi connectivity index (χ4v) is 2.98. The molecule has 1 heterocycles. The molecule has 1 aliphatic heterocycles. The van der Waals surface area contributed by atoms with E-state index in [1.54, 1.807) is 24.3 Å². The molecule has 0 spiro atoms. The van der Waals surface area contributed by atoms with Crippen LogP contribution in [-0.4, -0.2) is 29.5 Å². The Balaban J connectivity index is 0.00000208. The first-order valence-electron chi connectivity index (χ1n) is 7.57. The molecule has 5 nitrogen and oxygen atoms in total. The van der Waals surface area contributed by atoms with E-state index in [2.05, 4.69) is 10.2 Å². The van der Waals surface area contributed by atoms with E-state index in [1.165, 1.54) is 12.1 Å². The highest BCUT2D eigenvalue weighted by atomic mass is 35.5. The first kappa shape index (κ1) is 18.3. The number of piperazine rings is 1. The molecule has 1 fully saturated rings. The SMILES string of the molecule is Cl.O=[N+]([O-])c1cccc(CN2CCNCC2c2cccc(F)c2)c1. The first-order valence-corrected chi connectivity index (χ1v) is 7.57. The van der Waals surface area contributed by atoms with Crippen molar-refractivity contribution in [1.29, 1.82) is 0 Å². The van der Waals surface area contributed by atoms with Crippen LogP contribution >= 0.6 is 12.4 Å². The summed E-state index contributed by atoms with van der Waals surface area (Å²) in [6.07, 6.45) is 0. The summed E-state index contributed by atoms with van der Waals surface area (Å²) in [5.41, 5.74) is 1.91. The lowest BCUT2D eigenvalue weighted by molar-refractivity contribution is -0.384. The average molecular weight is 352 g/mol. The van der Waals surface area contributed by atoms with Crippen molar-refractivity contribution in [2.75, 3.05) is 19.6 Å². The van der Waals surface area contributed by atoms with Gasteiger partial charge in [0.05, 0.1) is 4.92 Å². The van der Waals surface area contributed by atoms with Crippen LogP contribution in [0.1, 0.15) is 17.2 Å². The molecule has 1 N–H and O–H groups in total. The molecule has 2 aromatic carbocycles. The standard InChI is InChI=1S/C17H18FN3O2.ClH/c18-15-5-2-4-14(10-15)17-11-19-7-8-20(17)12-13-3-1-6-16(9-13)21(22)23;/h1-6,9-10,17,19H,7-8,11-12H2;1H. The predicted octanol–water partition coefficient (Wildman–Crippen LogP) is 3.30. The van der Waals surface area contributed by atoms with E-state index >= 15 is 0 Å². The van der Waals surface area contributed by atoms with Crippen molar-refractivity contribution in [2.24, 2.45) is 0 Å².